The lowest BCUT2D eigenvalue weighted by molar-refractivity contribution is -0.137. The molecule has 0 aliphatic heterocycles. The molecular weight excluding hydrogens is 350 g/mol. The van der Waals surface area contributed by atoms with Gasteiger partial charge in [0.15, 0.2) is 0 Å². The lowest BCUT2D eigenvalue weighted by atomic mass is 9.91. The van der Waals surface area contributed by atoms with Gasteiger partial charge in [0, 0.05) is 18.0 Å². The Bertz CT molecular complexity index is 633. The van der Waals surface area contributed by atoms with Gasteiger partial charge in [-0.3, -0.25) is 10.1 Å². The number of carbonyl (C=O) groups is 2. The predicted octanol–water partition coefficient (Wildman–Crippen LogP) is 2.79. The predicted molar refractivity (Wildman–Crippen MR) is 100 cm³/mol. The van der Waals surface area contributed by atoms with Crippen molar-refractivity contribution < 1.29 is 29.6 Å². The van der Waals surface area contributed by atoms with Crippen molar-refractivity contribution in [3.63, 3.8) is 0 Å². The Morgan fingerprint density at radius 2 is 1.81 bits per heavy atom. The molecule has 1 amide bonds. The number of amides is 1. The lowest BCUT2D eigenvalue weighted by Gasteiger charge is -2.22. The normalized spacial score (nSPS) is 24.8. The summed E-state index contributed by atoms with van der Waals surface area (Å²) in [6.07, 6.45) is 3.94. The first-order valence-electron chi connectivity index (χ1n) is 9.19. The van der Waals surface area contributed by atoms with Crippen LogP contribution in [0.5, 0.6) is 0 Å². The second kappa shape index (κ2) is 10.7. The first kappa shape index (κ1) is 20.9. The van der Waals surface area contributed by atoms with Gasteiger partial charge in [0.25, 0.3) is 0 Å². The Labute approximate surface area is 158 Å². The summed E-state index contributed by atoms with van der Waals surface area (Å²) in [5, 5.41) is 31.6. The van der Waals surface area contributed by atoms with Crippen LogP contribution in [-0.4, -0.2) is 46.2 Å². The molecule has 2 rings (SSSR count). The number of ether oxygens (including phenoxy) is 1. The highest BCUT2D eigenvalue weighted by molar-refractivity contribution is 5.84. The summed E-state index contributed by atoms with van der Waals surface area (Å²) in [5.41, 5.74) is 0.621. The van der Waals surface area contributed by atoms with Crippen LogP contribution in [0.3, 0.4) is 0 Å². The van der Waals surface area contributed by atoms with Gasteiger partial charge in [0.05, 0.1) is 18.8 Å². The summed E-state index contributed by atoms with van der Waals surface area (Å²) in [7, 11) is 0. The van der Waals surface area contributed by atoms with Crippen molar-refractivity contribution in [2.75, 3.05) is 11.9 Å². The highest BCUT2D eigenvalue weighted by atomic mass is 16.5. The van der Waals surface area contributed by atoms with E-state index in [0.29, 0.717) is 24.9 Å². The van der Waals surface area contributed by atoms with Crippen LogP contribution in [0.15, 0.2) is 42.5 Å². The summed E-state index contributed by atoms with van der Waals surface area (Å²) in [4.78, 5) is 22.4. The van der Waals surface area contributed by atoms with Crippen molar-refractivity contribution in [1.82, 2.24) is 0 Å². The van der Waals surface area contributed by atoms with Crippen molar-refractivity contribution >= 4 is 17.7 Å². The molecule has 4 N–H and O–H groups in total. The third-order valence-corrected chi connectivity index (χ3v) is 4.78. The number of hydrogen-bond donors (Lipinski definition) is 4. The van der Waals surface area contributed by atoms with Crippen LogP contribution in [0, 0.1) is 11.8 Å². The van der Waals surface area contributed by atoms with Gasteiger partial charge in [-0.15, -0.1) is 0 Å². The average molecular weight is 377 g/mol. The molecule has 0 saturated heterocycles. The van der Waals surface area contributed by atoms with Gasteiger partial charge in [-0.1, -0.05) is 30.4 Å². The molecule has 1 aromatic carbocycles. The number of aliphatic hydroxyl groups excluding tert-OH is 2. The quantitative estimate of drug-likeness (QED) is 0.388. The Balaban J connectivity index is 1.79. The number of aliphatic hydroxyl groups is 2. The fraction of sp³-hybridized carbons (Fsp3) is 0.500. The molecule has 2 unspecified atom stereocenters. The first-order valence-corrected chi connectivity index (χ1v) is 9.19. The third kappa shape index (κ3) is 7.03. The fourth-order valence-electron chi connectivity index (χ4n) is 3.32. The molecule has 0 spiro atoms. The monoisotopic (exact) mass is 377 g/mol. The van der Waals surface area contributed by atoms with Crippen molar-refractivity contribution in [3.8, 4) is 0 Å². The number of aliphatic carboxylic acids is 1. The number of benzene rings is 1. The Morgan fingerprint density at radius 3 is 2.52 bits per heavy atom. The lowest BCUT2D eigenvalue weighted by Crippen LogP contribution is -2.28. The number of carbonyl (C=O) groups excluding carboxylic acids is 1. The van der Waals surface area contributed by atoms with E-state index >= 15 is 0 Å². The number of carboxylic acid groups (broad SMARTS) is 1. The minimum atomic E-state index is -0.816. The minimum Gasteiger partial charge on any atom is -0.481 e. The number of anilines is 1. The number of carboxylic acids is 1. The zero-order valence-corrected chi connectivity index (χ0v) is 15.2. The van der Waals surface area contributed by atoms with Crippen LogP contribution in [-0.2, 0) is 9.53 Å². The largest absolute Gasteiger partial charge is 0.481 e. The van der Waals surface area contributed by atoms with E-state index in [-0.39, 0.29) is 31.3 Å². The van der Waals surface area contributed by atoms with Gasteiger partial charge in [0.1, 0.15) is 0 Å². The topological polar surface area (TPSA) is 116 Å². The highest BCUT2D eigenvalue weighted by Gasteiger charge is 2.41. The second-order valence-corrected chi connectivity index (χ2v) is 6.78. The van der Waals surface area contributed by atoms with Crippen molar-refractivity contribution in [2.45, 2.75) is 44.3 Å². The van der Waals surface area contributed by atoms with Crippen LogP contribution < -0.4 is 5.32 Å². The molecule has 27 heavy (non-hydrogen) atoms. The van der Waals surface area contributed by atoms with Crippen LogP contribution >= 0.6 is 0 Å². The Hall–Kier alpha value is -2.38. The maximum Gasteiger partial charge on any atom is 0.411 e. The average Bonchev–Trinajstić information content (AvgIpc) is 2.89. The molecule has 0 heterocycles. The van der Waals surface area contributed by atoms with Crippen molar-refractivity contribution in [2.24, 2.45) is 11.8 Å². The van der Waals surface area contributed by atoms with Crippen LogP contribution in [0.1, 0.15) is 32.1 Å². The number of hydrogen-bond acceptors (Lipinski definition) is 5. The van der Waals surface area contributed by atoms with Crippen LogP contribution in [0.2, 0.25) is 0 Å². The SMILES string of the molecule is O=C(O)CCC/C=C\C[C@H]1C(O)CC(O)[C@@H]1COC(=O)Nc1ccccc1. The third-order valence-electron chi connectivity index (χ3n) is 4.78. The smallest absolute Gasteiger partial charge is 0.411 e. The molecule has 0 aromatic heterocycles. The van der Waals surface area contributed by atoms with E-state index < -0.39 is 24.3 Å². The van der Waals surface area contributed by atoms with E-state index in [2.05, 4.69) is 5.32 Å². The Morgan fingerprint density at radius 1 is 1.11 bits per heavy atom. The molecule has 4 atom stereocenters. The van der Waals surface area contributed by atoms with Crippen LogP contribution in [0.25, 0.3) is 0 Å². The molecule has 1 fully saturated rings. The van der Waals surface area contributed by atoms with Crippen molar-refractivity contribution in [3.05, 3.63) is 42.5 Å². The van der Waals surface area contributed by atoms with E-state index in [1.807, 2.05) is 18.2 Å². The number of rotatable bonds is 9. The minimum absolute atomic E-state index is 0.0222. The molecule has 7 heteroatoms. The number of allylic oxidation sites excluding steroid dienone is 2. The molecule has 1 aliphatic carbocycles. The van der Waals surface area contributed by atoms with E-state index in [9.17, 15) is 19.8 Å². The van der Waals surface area contributed by atoms with E-state index in [0.717, 1.165) is 0 Å². The number of unbranched alkanes of at least 4 members (excludes halogenated alkanes) is 1. The van der Waals surface area contributed by atoms with Gasteiger partial charge < -0.3 is 20.1 Å². The summed E-state index contributed by atoms with van der Waals surface area (Å²) < 4.78 is 5.24. The standard InChI is InChI=1S/C20H27NO6/c22-17-12-18(23)16(15(17)10-6-1-2-7-11-19(24)25)13-27-20(26)21-14-8-4-3-5-9-14/h1,3-6,8-9,15-18,22-23H,2,7,10-13H2,(H,21,26)(H,24,25)/b6-1-/t15-,16-,17?,18?/m1/s1. The fourth-order valence-corrected chi connectivity index (χ4v) is 3.32. The van der Waals surface area contributed by atoms with Gasteiger partial charge in [0.2, 0.25) is 0 Å². The molecule has 1 aromatic rings. The maximum absolute atomic E-state index is 11.9. The van der Waals surface area contributed by atoms with Gasteiger partial charge >= 0.3 is 12.1 Å². The van der Waals surface area contributed by atoms with Gasteiger partial charge in [-0.2, -0.15) is 0 Å². The molecular formula is C20H27NO6. The van der Waals surface area contributed by atoms with E-state index in [1.165, 1.54) is 0 Å². The van der Waals surface area contributed by atoms with Crippen LogP contribution in [0.4, 0.5) is 10.5 Å². The number of nitrogens with one attached hydrogen (secondary N) is 1. The van der Waals surface area contributed by atoms with E-state index in [4.69, 9.17) is 9.84 Å². The highest BCUT2D eigenvalue weighted by Crippen LogP contribution is 2.35. The maximum atomic E-state index is 11.9. The zero-order chi connectivity index (χ0) is 19.6. The molecule has 7 nitrogen and oxygen atoms in total. The van der Waals surface area contributed by atoms with Gasteiger partial charge in [-0.05, 0) is 43.7 Å². The second-order valence-electron chi connectivity index (χ2n) is 6.78. The van der Waals surface area contributed by atoms with Crippen molar-refractivity contribution in [1.29, 1.82) is 0 Å². The molecule has 0 bridgehead atoms. The molecule has 1 aliphatic rings. The zero-order valence-electron chi connectivity index (χ0n) is 15.2. The summed E-state index contributed by atoms with van der Waals surface area (Å²) in [6.45, 7) is 0.0222. The summed E-state index contributed by atoms with van der Waals surface area (Å²) in [5.74, 6) is -1.37. The summed E-state index contributed by atoms with van der Waals surface area (Å²) in [6, 6.07) is 8.92. The molecule has 148 valence electrons. The summed E-state index contributed by atoms with van der Waals surface area (Å²) >= 11 is 0. The number of para-hydroxylation sites is 1. The van der Waals surface area contributed by atoms with Gasteiger partial charge in [-0.25, -0.2) is 4.79 Å². The first-order chi connectivity index (χ1) is 13.0. The molecule has 0 radical (unpaired) electrons. The molecule has 1 saturated carbocycles. The van der Waals surface area contributed by atoms with E-state index in [1.54, 1.807) is 24.3 Å². The Kier molecular flexibility index (Phi) is 8.29.